The number of carbonyl (C=O) groups is 1. The predicted molar refractivity (Wildman–Crippen MR) is 88.5 cm³/mol. The van der Waals surface area contributed by atoms with Gasteiger partial charge < -0.3 is 4.74 Å². The summed E-state index contributed by atoms with van der Waals surface area (Å²) in [7, 11) is 0. The van der Waals surface area contributed by atoms with Crippen LogP contribution >= 0.6 is 0 Å². The van der Waals surface area contributed by atoms with Crippen LogP contribution < -0.4 is 0 Å². The molecule has 0 amide bonds. The first-order valence-electron chi connectivity index (χ1n) is 7.83. The van der Waals surface area contributed by atoms with Gasteiger partial charge in [-0.1, -0.05) is 51.1 Å². The summed E-state index contributed by atoms with van der Waals surface area (Å²) < 4.78 is 6.10. The fourth-order valence-corrected chi connectivity index (χ4v) is 2.19. The first kappa shape index (κ1) is 17.9. The van der Waals surface area contributed by atoms with Crippen molar-refractivity contribution in [3.63, 3.8) is 0 Å². The van der Waals surface area contributed by atoms with Crippen molar-refractivity contribution in [3.05, 3.63) is 35.9 Å². The number of aryl methyl sites for hydroxylation is 1. The van der Waals surface area contributed by atoms with Crippen LogP contribution in [0.5, 0.6) is 0 Å². The Hall–Kier alpha value is -1.15. The number of ether oxygens (including phenoxy) is 1. The molecule has 0 saturated heterocycles. The van der Waals surface area contributed by atoms with Gasteiger partial charge in [-0.15, -0.1) is 0 Å². The molecule has 0 spiro atoms. The third kappa shape index (κ3) is 7.42. The second kappa shape index (κ2) is 7.22. The largest absolute Gasteiger partial charge is 0.372 e. The Morgan fingerprint density at radius 2 is 1.62 bits per heavy atom. The maximum Gasteiger partial charge on any atom is 0.140 e. The Bertz CT molecular complexity index is 435. The van der Waals surface area contributed by atoms with Gasteiger partial charge in [-0.2, -0.15) is 0 Å². The van der Waals surface area contributed by atoms with Gasteiger partial charge in [0.2, 0.25) is 0 Å². The molecule has 0 heterocycles. The third-order valence-electron chi connectivity index (χ3n) is 3.37. The number of rotatable bonds is 6. The van der Waals surface area contributed by atoms with E-state index in [1.165, 1.54) is 5.56 Å². The number of benzene rings is 1. The molecule has 1 rings (SSSR count). The summed E-state index contributed by atoms with van der Waals surface area (Å²) in [5.41, 5.74) is 0.773. The third-order valence-corrected chi connectivity index (χ3v) is 3.37. The van der Waals surface area contributed by atoms with Crippen molar-refractivity contribution in [1.29, 1.82) is 0 Å². The highest BCUT2D eigenvalue weighted by Crippen LogP contribution is 2.23. The van der Waals surface area contributed by atoms with Crippen molar-refractivity contribution in [2.24, 2.45) is 5.41 Å². The SMILES string of the molecule is CC(C)(C)OC(CCc1ccccc1)CC(=O)C(C)(C)C. The Balaban J connectivity index is 2.67. The number of ketones is 1. The van der Waals surface area contributed by atoms with Gasteiger partial charge in [-0.3, -0.25) is 4.79 Å². The molecular weight excluding hydrogens is 260 g/mol. The summed E-state index contributed by atoms with van der Waals surface area (Å²) in [6.07, 6.45) is 2.30. The lowest BCUT2D eigenvalue weighted by Crippen LogP contribution is -2.32. The minimum absolute atomic E-state index is 0.0167. The topological polar surface area (TPSA) is 26.3 Å². The molecule has 1 unspecified atom stereocenters. The van der Waals surface area contributed by atoms with Crippen molar-refractivity contribution in [3.8, 4) is 0 Å². The van der Waals surface area contributed by atoms with E-state index in [-0.39, 0.29) is 22.9 Å². The van der Waals surface area contributed by atoms with Crippen LogP contribution in [0.15, 0.2) is 30.3 Å². The molecule has 118 valence electrons. The van der Waals surface area contributed by atoms with Crippen molar-refractivity contribution in [2.75, 3.05) is 0 Å². The molecule has 0 aliphatic heterocycles. The molecule has 0 fully saturated rings. The summed E-state index contributed by atoms with van der Waals surface area (Å²) in [5.74, 6) is 0.268. The van der Waals surface area contributed by atoms with Crippen molar-refractivity contribution >= 4 is 5.78 Å². The van der Waals surface area contributed by atoms with Crippen molar-refractivity contribution in [1.82, 2.24) is 0 Å². The highest BCUT2D eigenvalue weighted by atomic mass is 16.5. The second-order valence-corrected chi connectivity index (χ2v) is 7.75. The molecule has 0 aromatic heterocycles. The monoisotopic (exact) mass is 290 g/mol. The quantitative estimate of drug-likeness (QED) is 0.751. The van der Waals surface area contributed by atoms with Gasteiger partial charge in [-0.25, -0.2) is 0 Å². The minimum Gasteiger partial charge on any atom is -0.372 e. The standard InChI is InChI=1S/C19H30O2/c1-18(2,3)17(20)14-16(21-19(4,5)6)13-12-15-10-8-7-9-11-15/h7-11,16H,12-14H2,1-6H3. The molecule has 21 heavy (non-hydrogen) atoms. The Kier molecular flexibility index (Phi) is 6.15. The van der Waals surface area contributed by atoms with Gasteiger partial charge in [0.25, 0.3) is 0 Å². The van der Waals surface area contributed by atoms with Crippen LogP contribution in [0.3, 0.4) is 0 Å². The smallest absolute Gasteiger partial charge is 0.140 e. The van der Waals surface area contributed by atoms with E-state index in [9.17, 15) is 4.79 Å². The van der Waals surface area contributed by atoms with Gasteiger partial charge >= 0.3 is 0 Å². The van der Waals surface area contributed by atoms with Crippen LogP contribution in [-0.2, 0) is 16.0 Å². The van der Waals surface area contributed by atoms with E-state index in [4.69, 9.17) is 4.74 Å². The maximum atomic E-state index is 12.3. The average Bonchev–Trinajstić information content (AvgIpc) is 2.34. The highest BCUT2D eigenvalue weighted by molar-refractivity contribution is 5.84. The molecular formula is C19H30O2. The zero-order chi connectivity index (χ0) is 16.1. The Morgan fingerprint density at radius 3 is 2.10 bits per heavy atom. The Labute approximate surface area is 129 Å². The maximum absolute atomic E-state index is 12.3. The van der Waals surface area contributed by atoms with E-state index in [0.29, 0.717) is 6.42 Å². The summed E-state index contributed by atoms with van der Waals surface area (Å²) in [6.45, 7) is 12.1. The van der Waals surface area contributed by atoms with E-state index in [1.807, 2.05) is 47.6 Å². The second-order valence-electron chi connectivity index (χ2n) is 7.75. The molecule has 1 aromatic carbocycles. The van der Waals surface area contributed by atoms with Crippen LogP contribution in [0.2, 0.25) is 0 Å². The molecule has 2 nitrogen and oxygen atoms in total. The number of Topliss-reactive ketones (excluding diaryl/α,β-unsaturated/α-hetero) is 1. The Morgan fingerprint density at radius 1 is 1.05 bits per heavy atom. The lowest BCUT2D eigenvalue weighted by atomic mass is 9.86. The fourth-order valence-electron chi connectivity index (χ4n) is 2.19. The zero-order valence-corrected chi connectivity index (χ0v) is 14.4. The van der Waals surface area contributed by atoms with Crippen LogP contribution in [-0.4, -0.2) is 17.5 Å². The first-order valence-corrected chi connectivity index (χ1v) is 7.83. The molecule has 0 N–H and O–H groups in total. The molecule has 0 radical (unpaired) electrons. The molecule has 0 saturated carbocycles. The van der Waals surface area contributed by atoms with Crippen LogP contribution in [0.4, 0.5) is 0 Å². The summed E-state index contributed by atoms with van der Waals surface area (Å²) >= 11 is 0. The van der Waals surface area contributed by atoms with Gasteiger partial charge in [0.05, 0.1) is 11.7 Å². The van der Waals surface area contributed by atoms with Gasteiger partial charge in [0.1, 0.15) is 5.78 Å². The summed E-state index contributed by atoms with van der Waals surface area (Å²) in [4.78, 5) is 12.3. The first-order chi connectivity index (χ1) is 9.58. The van der Waals surface area contributed by atoms with E-state index in [1.54, 1.807) is 0 Å². The molecule has 0 aliphatic rings. The van der Waals surface area contributed by atoms with Gasteiger partial charge in [0, 0.05) is 11.8 Å². The zero-order valence-electron chi connectivity index (χ0n) is 14.4. The lowest BCUT2D eigenvalue weighted by molar-refractivity contribution is -0.133. The number of hydrogen-bond donors (Lipinski definition) is 0. The highest BCUT2D eigenvalue weighted by Gasteiger charge is 2.27. The minimum atomic E-state index is -0.299. The van der Waals surface area contributed by atoms with Gasteiger partial charge in [-0.05, 0) is 39.2 Å². The molecule has 1 aromatic rings. The summed E-state index contributed by atoms with van der Waals surface area (Å²) in [6, 6.07) is 10.4. The normalized spacial score (nSPS) is 14.0. The van der Waals surface area contributed by atoms with E-state index < -0.39 is 0 Å². The van der Waals surface area contributed by atoms with Crippen LogP contribution in [0, 0.1) is 5.41 Å². The van der Waals surface area contributed by atoms with E-state index in [0.717, 1.165) is 12.8 Å². The average molecular weight is 290 g/mol. The van der Waals surface area contributed by atoms with Crippen molar-refractivity contribution < 1.29 is 9.53 Å². The summed E-state index contributed by atoms with van der Waals surface area (Å²) in [5, 5.41) is 0. The van der Waals surface area contributed by atoms with E-state index >= 15 is 0 Å². The lowest BCUT2D eigenvalue weighted by Gasteiger charge is -2.29. The van der Waals surface area contributed by atoms with Crippen LogP contribution in [0.25, 0.3) is 0 Å². The van der Waals surface area contributed by atoms with Gasteiger partial charge in [0.15, 0.2) is 0 Å². The molecule has 0 bridgehead atoms. The molecule has 2 heteroatoms. The molecule has 1 atom stereocenters. The fraction of sp³-hybridized carbons (Fsp3) is 0.632. The van der Waals surface area contributed by atoms with Crippen molar-refractivity contribution in [2.45, 2.75) is 72.5 Å². The number of carbonyl (C=O) groups excluding carboxylic acids is 1. The number of hydrogen-bond acceptors (Lipinski definition) is 2. The van der Waals surface area contributed by atoms with Crippen LogP contribution in [0.1, 0.15) is 59.9 Å². The molecule has 0 aliphatic carbocycles. The van der Waals surface area contributed by atoms with E-state index in [2.05, 4.69) is 24.3 Å². The predicted octanol–water partition coefficient (Wildman–Crippen LogP) is 4.81.